The Balaban J connectivity index is 1.48. The summed E-state index contributed by atoms with van der Waals surface area (Å²) in [5.74, 6) is 0.922. The monoisotopic (exact) mass is 524 g/mol. The molecule has 5 rings (SSSR count). The van der Waals surface area contributed by atoms with Gasteiger partial charge in [-0.2, -0.15) is 13.2 Å². The summed E-state index contributed by atoms with van der Waals surface area (Å²) < 4.78 is 50.1. The zero-order valence-electron chi connectivity index (χ0n) is 18.4. The number of hydrogen-bond donors (Lipinski definition) is 2. The first-order chi connectivity index (χ1) is 16.7. The third-order valence-corrected chi connectivity index (χ3v) is 7.13. The van der Waals surface area contributed by atoms with Crippen LogP contribution >= 0.6 is 22.9 Å². The number of nitrogens with zero attached hydrogens (tertiary/aromatic N) is 3. The number of hydrogen-bond acceptors (Lipinski definition) is 8. The Labute approximate surface area is 206 Å². The minimum Gasteiger partial charge on any atom is -0.481 e. The van der Waals surface area contributed by atoms with E-state index in [0.717, 1.165) is 15.1 Å². The van der Waals surface area contributed by atoms with Gasteiger partial charge in [-0.1, -0.05) is 18.5 Å². The molecule has 2 N–H and O–H groups in total. The Bertz CT molecular complexity index is 1370. The lowest BCUT2D eigenvalue weighted by molar-refractivity contribution is -0.125. The molecule has 2 unspecified atom stereocenters. The molecule has 0 fully saturated rings. The molecule has 0 amide bonds. The van der Waals surface area contributed by atoms with Crippen molar-refractivity contribution in [2.45, 2.75) is 44.7 Å². The van der Waals surface area contributed by atoms with Gasteiger partial charge in [0.25, 0.3) is 0 Å². The molecule has 1 aromatic carbocycles. The van der Waals surface area contributed by atoms with E-state index in [4.69, 9.17) is 20.8 Å². The fourth-order valence-electron chi connectivity index (χ4n) is 4.07. The number of aliphatic hydroxyl groups excluding tert-OH is 1. The topological polar surface area (TPSA) is 93.3 Å². The fraction of sp³-hybridized carbons (Fsp3) is 0.348. The summed E-state index contributed by atoms with van der Waals surface area (Å²) in [7, 11) is 0. The second kappa shape index (κ2) is 9.38. The van der Waals surface area contributed by atoms with Crippen molar-refractivity contribution < 1.29 is 27.4 Å². The van der Waals surface area contributed by atoms with E-state index in [-0.39, 0.29) is 6.54 Å². The minimum atomic E-state index is -4.33. The van der Waals surface area contributed by atoms with Gasteiger partial charge >= 0.3 is 6.18 Å². The normalized spacial score (nSPS) is 16.5. The van der Waals surface area contributed by atoms with Crippen molar-refractivity contribution in [1.82, 2.24) is 20.3 Å². The second-order valence-corrected chi connectivity index (χ2v) is 9.66. The van der Waals surface area contributed by atoms with E-state index in [2.05, 4.69) is 20.3 Å². The van der Waals surface area contributed by atoms with Crippen LogP contribution in [0.5, 0.6) is 5.75 Å². The van der Waals surface area contributed by atoms with Crippen LogP contribution in [0.4, 0.5) is 13.2 Å². The Morgan fingerprint density at radius 2 is 2.09 bits per heavy atom. The molecule has 4 heterocycles. The molecule has 1 aliphatic heterocycles. The number of benzene rings is 1. The average Bonchev–Trinajstić information content (AvgIpc) is 3.54. The number of halogens is 4. The lowest BCUT2D eigenvalue weighted by Crippen LogP contribution is -2.28. The molecule has 3 aromatic heterocycles. The van der Waals surface area contributed by atoms with Crippen molar-refractivity contribution in [2.24, 2.45) is 0 Å². The van der Waals surface area contributed by atoms with E-state index in [0.29, 0.717) is 51.8 Å². The minimum absolute atomic E-state index is 0.112. The maximum atomic E-state index is 12.5. The summed E-state index contributed by atoms with van der Waals surface area (Å²) in [5.41, 5.74) is 3.16. The zero-order valence-corrected chi connectivity index (χ0v) is 20.0. The lowest BCUT2D eigenvalue weighted by atomic mass is 10.0. The molecule has 7 nitrogen and oxygen atoms in total. The van der Waals surface area contributed by atoms with Crippen LogP contribution in [-0.4, -0.2) is 32.8 Å². The van der Waals surface area contributed by atoms with Gasteiger partial charge < -0.3 is 19.6 Å². The number of aliphatic hydroxyl groups is 1. The van der Waals surface area contributed by atoms with Crippen molar-refractivity contribution in [3.8, 4) is 17.0 Å². The van der Waals surface area contributed by atoms with Gasteiger partial charge in [-0.3, -0.25) is 0 Å². The third-order valence-electron chi connectivity index (χ3n) is 5.68. The summed E-state index contributed by atoms with van der Waals surface area (Å²) in [6, 6.07) is 5.40. The van der Waals surface area contributed by atoms with Crippen molar-refractivity contribution in [3.05, 3.63) is 57.8 Å². The average molecular weight is 525 g/mol. The first-order valence-corrected chi connectivity index (χ1v) is 12.0. The number of oxazole rings is 1. The third kappa shape index (κ3) is 4.86. The van der Waals surface area contributed by atoms with E-state index < -0.39 is 24.9 Å². The summed E-state index contributed by atoms with van der Waals surface area (Å²) in [6.45, 7) is 0.652. The maximum absolute atomic E-state index is 12.5. The van der Waals surface area contributed by atoms with E-state index in [1.165, 1.54) is 24.1 Å². The van der Waals surface area contributed by atoms with Crippen LogP contribution in [0.15, 0.2) is 35.3 Å². The number of nitrogens with one attached hydrogen (secondary N) is 1. The molecule has 184 valence electrons. The fourth-order valence-corrected chi connectivity index (χ4v) is 5.50. The van der Waals surface area contributed by atoms with Crippen LogP contribution in [0.25, 0.3) is 21.5 Å². The molecule has 4 aromatic rings. The van der Waals surface area contributed by atoms with Gasteiger partial charge in [-0.15, -0.1) is 11.3 Å². The predicted molar refractivity (Wildman–Crippen MR) is 124 cm³/mol. The molecule has 12 heteroatoms. The highest BCUT2D eigenvalue weighted by Crippen LogP contribution is 2.47. The smallest absolute Gasteiger partial charge is 0.401 e. The van der Waals surface area contributed by atoms with Crippen molar-refractivity contribution in [2.75, 3.05) is 6.54 Å². The molecule has 0 bridgehead atoms. The van der Waals surface area contributed by atoms with Gasteiger partial charge in [0.15, 0.2) is 18.3 Å². The number of thiophene rings is 1. The van der Waals surface area contributed by atoms with Gasteiger partial charge in [0.05, 0.1) is 34.3 Å². The van der Waals surface area contributed by atoms with Gasteiger partial charge in [0.1, 0.15) is 12.1 Å². The first kappa shape index (κ1) is 24.0. The molecular weight excluding hydrogens is 505 g/mol. The van der Waals surface area contributed by atoms with Crippen LogP contribution < -0.4 is 10.1 Å². The van der Waals surface area contributed by atoms with Gasteiger partial charge in [-0.05, 0) is 24.6 Å². The highest BCUT2D eigenvalue weighted by Gasteiger charge is 2.33. The molecule has 0 saturated carbocycles. The second-order valence-electron chi connectivity index (χ2n) is 8.14. The largest absolute Gasteiger partial charge is 0.481 e. The molecule has 0 saturated heterocycles. The molecule has 0 spiro atoms. The zero-order chi connectivity index (χ0) is 24.7. The van der Waals surface area contributed by atoms with E-state index in [1.54, 1.807) is 12.1 Å². The molecule has 0 radical (unpaired) electrons. The van der Waals surface area contributed by atoms with Crippen molar-refractivity contribution >= 4 is 33.2 Å². The lowest BCUT2D eigenvalue weighted by Gasteiger charge is -2.13. The number of fused-ring (bicyclic) bond motifs is 2. The maximum Gasteiger partial charge on any atom is 0.401 e. The van der Waals surface area contributed by atoms with Crippen LogP contribution in [0.1, 0.15) is 47.4 Å². The van der Waals surface area contributed by atoms with Gasteiger partial charge in [0, 0.05) is 34.0 Å². The molecule has 0 aliphatic carbocycles. The van der Waals surface area contributed by atoms with Crippen LogP contribution in [-0.2, 0) is 13.0 Å². The Kier molecular flexibility index (Phi) is 6.43. The summed E-state index contributed by atoms with van der Waals surface area (Å²) in [5, 5.41) is 13.1. The number of rotatable bonds is 7. The molecule has 35 heavy (non-hydrogen) atoms. The molecular formula is C23H20ClF3N4O3S. The Morgan fingerprint density at radius 1 is 1.26 bits per heavy atom. The van der Waals surface area contributed by atoms with E-state index in [1.807, 2.05) is 13.0 Å². The summed E-state index contributed by atoms with van der Waals surface area (Å²) in [4.78, 5) is 13.7. The van der Waals surface area contributed by atoms with Gasteiger partial charge in [0.2, 0.25) is 0 Å². The summed E-state index contributed by atoms with van der Waals surface area (Å²) >= 11 is 7.85. The quantitative estimate of drug-likeness (QED) is 0.317. The van der Waals surface area contributed by atoms with Crippen molar-refractivity contribution in [1.29, 1.82) is 0 Å². The molecule has 1 aliphatic rings. The van der Waals surface area contributed by atoms with Gasteiger partial charge in [-0.25, -0.2) is 15.0 Å². The number of aromatic nitrogens is 3. The highest BCUT2D eigenvalue weighted by atomic mass is 35.5. The van der Waals surface area contributed by atoms with Crippen molar-refractivity contribution in [3.63, 3.8) is 0 Å². The SMILES string of the molecule is CCC(O)c1cc2ncnc(-c3cc(Cl)cc4c3OC(c3ocnc3CNCC(F)(F)F)C4)c2s1. The highest BCUT2D eigenvalue weighted by molar-refractivity contribution is 7.19. The van der Waals surface area contributed by atoms with Crippen LogP contribution in [0, 0.1) is 0 Å². The number of ether oxygens (including phenoxy) is 1. The molecule has 2 atom stereocenters. The standard InChI is InChI=1S/C23H20ClF3N4O3S/c1-2-16(32)18-6-14-22(35-18)19(30-9-29-14)13-5-12(24)3-11-4-17(34-20(11)13)21-15(31-10-33-21)7-28-8-23(25,26)27/h3,5-6,9-10,16-17,28,32H,2,4,7-8H2,1H3. The van der Waals surface area contributed by atoms with Crippen LogP contribution in [0.3, 0.4) is 0 Å². The van der Waals surface area contributed by atoms with E-state index in [9.17, 15) is 18.3 Å². The Hall–Kier alpha value is -2.73. The van der Waals surface area contributed by atoms with Crippen LogP contribution in [0.2, 0.25) is 5.02 Å². The summed E-state index contributed by atoms with van der Waals surface area (Å²) in [6.07, 6.45) is -1.87. The van der Waals surface area contributed by atoms with E-state index >= 15 is 0 Å². The Morgan fingerprint density at radius 3 is 2.86 bits per heavy atom. The predicted octanol–water partition coefficient (Wildman–Crippen LogP) is 5.77. The first-order valence-electron chi connectivity index (χ1n) is 10.8. The number of alkyl halides is 3.